The van der Waals surface area contributed by atoms with Crippen molar-refractivity contribution in [3.63, 3.8) is 0 Å². The zero-order chi connectivity index (χ0) is 43.1. The van der Waals surface area contributed by atoms with Gasteiger partial charge in [-0.1, -0.05) is 132 Å². The highest BCUT2D eigenvalue weighted by atomic mass is 14.3. The summed E-state index contributed by atoms with van der Waals surface area (Å²) < 4.78 is 0. The van der Waals surface area contributed by atoms with Crippen molar-refractivity contribution >= 4 is 86.2 Å². The molecular formula is C64H46. The lowest BCUT2D eigenvalue weighted by Gasteiger charge is -2.16. The predicted octanol–water partition coefficient (Wildman–Crippen LogP) is 18.3. The standard InChI is InChI=1S/C64H46/c1-35-13-17-41(18-14-35)43-21-23-47-51(27-43)59-33-53-49(57-31-45(29-55(47)63(57)59)61-37(3)9-7-10-38(61)4)25-26-50-54(53)34-60-52-28-44(42-19-15-36(2)16-20-42)22-24-48(52)56-30-46(32-58(50)64(56)60)62-39(5)11-8-12-40(62)6/h7-34H,1-6H3. The molecule has 0 aliphatic carbocycles. The van der Waals surface area contributed by atoms with E-state index in [4.69, 9.17) is 0 Å². The predicted molar refractivity (Wildman–Crippen MR) is 279 cm³/mol. The summed E-state index contributed by atoms with van der Waals surface area (Å²) in [6, 6.07) is 65.5. The van der Waals surface area contributed by atoms with Crippen molar-refractivity contribution in [1.82, 2.24) is 0 Å². The summed E-state index contributed by atoms with van der Waals surface area (Å²) in [6.07, 6.45) is 0. The van der Waals surface area contributed by atoms with Crippen LogP contribution in [0.4, 0.5) is 0 Å². The summed E-state index contributed by atoms with van der Waals surface area (Å²) in [4.78, 5) is 0. The lowest BCUT2D eigenvalue weighted by molar-refractivity contribution is 1.38. The molecule has 0 heterocycles. The van der Waals surface area contributed by atoms with Gasteiger partial charge in [0.25, 0.3) is 0 Å². The second-order valence-electron chi connectivity index (χ2n) is 18.8. The molecule has 0 heteroatoms. The van der Waals surface area contributed by atoms with E-state index in [0.29, 0.717) is 0 Å². The van der Waals surface area contributed by atoms with Crippen molar-refractivity contribution in [2.45, 2.75) is 41.5 Å². The van der Waals surface area contributed by atoms with Gasteiger partial charge in [0.1, 0.15) is 0 Å². The third kappa shape index (κ3) is 5.29. The molecule has 0 saturated carbocycles. The maximum atomic E-state index is 2.54. The third-order valence-electron chi connectivity index (χ3n) is 14.8. The molecule has 13 aromatic rings. The molecule has 0 spiro atoms. The average Bonchev–Trinajstić information content (AvgIpc) is 3.78. The first-order valence-electron chi connectivity index (χ1n) is 22.7. The van der Waals surface area contributed by atoms with Crippen LogP contribution in [0.2, 0.25) is 0 Å². The van der Waals surface area contributed by atoms with Crippen LogP contribution in [0.5, 0.6) is 0 Å². The van der Waals surface area contributed by atoms with Crippen LogP contribution in [0.15, 0.2) is 170 Å². The number of hydrogen-bond donors (Lipinski definition) is 0. The fourth-order valence-electron chi connectivity index (χ4n) is 11.7. The van der Waals surface area contributed by atoms with E-state index >= 15 is 0 Å². The summed E-state index contributed by atoms with van der Waals surface area (Å²) in [5, 5.41) is 21.1. The van der Waals surface area contributed by atoms with Crippen molar-refractivity contribution < 1.29 is 0 Å². The Labute approximate surface area is 373 Å². The largest absolute Gasteiger partial charge is 0.0617 e. The van der Waals surface area contributed by atoms with Crippen LogP contribution in [0, 0.1) is 41.5 Å². The number of rotatable bonds is 4. The van der Waals surface area contributed by atoms with Crippen molar-refractivity contribution in [2.75, 3.05) is 0 Å². The molecular weight excluding hydrogens is 769 g/mol. The molecule has 13 aromatic carbocycles. The van der Waals surface area contributed by atoms with Gasteiger partial charge in [0.05, 0.1) is 0 Å². The fourth-order valence-corrected chi connectivity index (χ4v) is 11.7. The van der Waals surface area contributed by atoms with Crippen LogP contribution in [0.1, 0.15) is 33.4 Å². The Hall–Kier alpha value is -7.54. The van der Waals surface area contributed by atoms with Crippen LogP contribution in [-0.2, 0) is 0 Å². The quantitative estimate of drug-likeness (QED) is 0.155. The molecule has 0 radical (unpaired) electrons. The van der Waals surface area contributed by atoms with E-state index in [9.17, 15) is 0 Å². The van der Waals surface area contributed by atoms with Crippen LogP contribution in [0.25, 0.3) is 131 Å². The first-order valence-corrected chi connectivity index (χ1v) is 22.7. The first kappa shape index (κ1) is 37.1. The van der Waals surface area contributed by atoms with Crippen molar-refractivity contribution in [3.8, 4) is 44.5 Å². The van der Waals surface area contributed by atoms with Crippen LogP contribution >= 0.6 is 0 Å². The lowest BCUT2D eigenvalue weighted by Crippen LogP contribution is -1.90. The Morgan fingerprint density at radius 2 is 0.469 bits per heavy atom. The summed E-state index contributed by atoms with van der Waals surface area (Å²) in [5.41, 5.74) is 18.0. The zero-order valence-electron chi connectivity index (χ0n) is 37.2. The van der Waals surface area contributed by atoms with Gasteiger partial charge in [0.15, 0.2) is 0 Å². The average molecular weight is 815 g/mol. The summed E-state index contributed by atoms with van der Waals surface area (Å²) in [6.45, 7) is 13.4. The molecule has 0 bridgehead atoms. The van der Waals surface area contributed by atoms with Gasteiger partial charge in [-0.2, -0.15) is 0 Å². The number of benzene rings is 11. The molecule has 0 amide bonds. The van der Waals surface area contributed by atoms with Crippen molar-refractivity contribution in [1.29, 1.82) is 0 Å². The van der Waals surface area contributed by atoms with E-state index in [0.717, 1.165) is 0 Å². The Morgan fingerprint density at radius 1 is 0.203 bits per heavy atom. The van der Waals surface area contributed by atoms with E-state index < -0.39 is 0 Å². The second kappa shape index (κ2) is 13.5. The normalized spacial score (nSPS) is 12.2. The van der Waals surface area contributed by atoms with E-state index in [1.54, 1.807) is 0 Å². The molecule has 0 aliphatic heterocycles. The van der Waals surface area contributed by atoms with Gasteiger partial charge in [-0.25, -0.2) is 0 Å². The van der Waals surface area contributed by atoms with E-state index in [1.807, 2.05) is 0 Å². The van der Waals surface area contributed by atoms with Gasteiger partial charge in [0.2, 0.25) is 0 Å². The van der Waals surface area contributed by atoms with Crippen molar-refractivity contribution in [2.24, 2.45) is 0 Å². The number of aryl methyl sites for hydroxylation is 6. The van der Waals surface area contributed by atoms with Gasteiger partial charge in [0, 0.05) is 0 Å². The molecule has 0 aromatic heterocycles. The minimum absolute atomic E-state index is 1.25. The minimum atomic E-state index is 1.25. The SMILES string of the molecule is Cc1ccc(-c2ccc3c(c2)c2cc4c5cc6c7cc(-c8ccc(C)cc8)ccc7c7cc(-c8c(C)cccc8C)cc(c5ccc4c4cc(-c5c(C)cccc5C)cc3c42)c76)cc1. The van der Waals surface area contributed by atoms with Crippen molar-refractivity contribution in [3.05, 3.63) is 203 Å². The van der Waals surface area contributed by atoms with Gasteiger partial charge in [-0.15, -0.1) is 0 Å². The van der Waals surface area contributed by atoms with Gasteiger partial charge >= 0.3 is 0 Å². The highest BCUT2D eigenvalue weighted by Gasteiger charge is 2.22. The van der Waals surface area contributed by atoms with Gasteiger partial charge in [-0.3, -0.25) is 0 Å². The molecule has 0 aliphatic rings. The Balaban J connectivity index is 1.20. The number of hydrogen-bond acceptors (Lipinski definition) is 0. The molecule has 302 valence electrons. The molecule has 0 nitrogen and oxygen atoms in total. The molecule has 64 heavy (non-hydrogen) atoms. The fraction of sp³-hybridized carbons (Fsp3) is 0.0938. The summed E-state index contributed by atoms with van der Waals surface area (Å²) >= 11 is 0. The second-order valence-corrected chi connectivity index (χ2v) is 18.8. The smallest absolute Gasteiger partial charge is 0.00195 e. The Kier molecular flexibility index (Phi) is 7.80. The van der Waals surface area contributed by atoms with E-state index in [1.165, 1.54) is 164 Å². The van der Waals surface area contributed by atoms with Gasteiger partial charge < -0.3 is 0 Å². The zero-order valence-corrected chi connectivity index (χ0v) is 37.2. The maximum Gasteiger partial charge on any atom is -0.00195 e. The lowest BCUT2D eigenvalue weighted by atomic mass is 9.88. The Morgan fingerprint density at radius 3 is 0.812 bits per heavy atom. The third-order valence-corrected chi connectivity index (χ3v) is 14.8. The van der Waals surface area contributed by atoms with E-state index in [-0.39, 0.29) is 0 Å². The monoisotopic (exact) mass is 814 g/mol. The van der Waals surface area contributed by atoms with E-state index in [2.05, 4.69) is 211 Å². The molecule has 0 saturated heterocycles. The molecule has 0 unspecified atom stereocenters. The Bertz CT molecular complexity index is 3780. The summed E-state index contributed by atoms with van der Waals surface area (Å²) in [7, 11) is 0. The highest BCUT2D eigenvalue weighted by molar-refractivity contribution is 6.41. The topological polar surface area (TPSA) is 0 Å². The molecule has 0 atom stereocenters. The van der Waals surface area contributed by atoms with Crippen LogP contribution in [0.3, 0.4) is 0 Å². The molecule has 13 rings (SSSR count). The maximum absolute atomic E-state index is 2.54. The van der Waals surface area contributed by atoms with Crippen LogP contribution < -0.4 is 0 Å². The minimum Gasteiger partial charge on any atom is -0.0617 e. The summed E-state index contributed by atoms with van der Waals surface area (Å²) in [5.74, 6) is 0. The molecule has 0 N–H and O–H groups in total. The van der Waals surface area contributed by atoms with Gasteiger partial charge in [-0.05, 0) is 243 Å². The highest BCUT2D eigenvalue weighted by Crippen LogP contribution is 2.50. The first-order chi connectivity index (χ1) is 31.2. The van der Waals surface area contributed by atoms with Crippen LogP contribution in [-0.4, -0.2) is 0 Å². The molecule has 0 fully saturated rings. The number of fused-ring (bicyclic) bond motifs is 11.